The molecular formula is C18H18FNO2. The zero-order valence-electron chi connectivity index (χ0n) is 12.8. The molecule has 0 radical (unpaired) electrons. The average Bonchev–Trinajstić information content (AvgIpc) is 2.53. The minimum Gasteiger partial charge on any atom is -0.497 e. The zero-order valence-corrected chi connectivity index (χ0v) is 12.8. The number of hydrogen-bond donors (Lipinski definition) is 0. The second-order valence-electron chi connectivity index (χ2n) is 6.05. The Kier molecular flexibility index (Phi) is 3.39. The lowest BCUT2D eigenvalue weighted by atomic mass is 9.70. The highest BCUT2D eigenvalue weighted by Gasteiger charge is 2.55. The number of rotatable bonds is 3. The third kappa shape index (κ3) is 2.15. The van der Waals surface area contributed by atoms with E-state index in [0.29, 0.717) is 0 Å². The molecule has 0 spiro atoms. The van der Waals surface area contributed by atoms with Crippen molar-refractivity contribution in [1.29, 1.82) is 0 Å². The molecule has 1 saturated heterocycles. The second kappa shape index (κ2) is 5.13. The van der Waals surface area contributed by atoms with Crippen LogP contribution in [0.3, 0.4) is 0 Å². The van der Waals surface area contributed by atoms with Gasteiger partial charge in [-0.3, -0.25) is 4.79 Å². The van der Waals surface area contributed by atoms with Gasteiger partial charge in [0.2, 0.25) is 5.91 Å². The van der Waals surface area contributed by atoms with Crippen molar-refractivity contribution in [3.05, 3.63) is 59.9 Å². The molecule has 22 heavy (non-hydrogen) atoms. The SMILES string of the molecule is COc1ccc(N2C(=O)C(C)(C)C2c2ccc(F)cc2)cc1. The van der Waals surface area contributed by atoms with Gasteiger partial charge in [-0.15, -0.1) is 0 Å². The first-order valence-corrected chi connectivity index (χ1v) is 7.18. The van der Waals surface area contributed by atoms with Crippen molar-refractivity contribution in [2.45, 2.75) is 19.9 Å². The van der Waals surface area contributed by atoms with E-state index >= 15 is 0 Å². The first kappa shape index (κ1) is 14.6. The molecule has 3 nitrogen and oxygen atoms in total. The lowest BCUT2D eigenvalue weighted by Gasteiger charge is -2.53. The van der Waals surface area contributed by atoms with Gasteiger partial charge in [0, 0.05) is 5.69 Å². The summed E-state index contributed by atoms with van der Waals surface area (Å²) in [4.78, 5) is 14.3. The van der Waals surface area contributed by atoms with Crippen molar-refractivity contribution < 1.29 is 13.9 Å². The van der Waals surface area contributed by atoms with Gasteiger partial charge in [-0.1, -0.05) is 12.1 Å². The third-order valence-electron chi connectivity index (χ3n) is 4.25. The maximum absolute atomic E-state index is 13.2. The highest BCUT2D eigenvalue weighted by atomic mass is 19.1. The molecule has 1 fully saturated rings. The molecule has 1 aliphatic rings. The van der Waals surface area contributed by atoms with Crippen molar-refractivity contribution in [2.75, 3.05) is 12.0 Å². The van der Waals surface area contributed by atoms with Crippen molar-refractivity contribution in [1.82, 2.24) is 0 Å². The molecule has 1 atom stereocenters. The van der Waals surface area contributed by atoms with Gasteiger partial charge in [0.15, 0.2) is 0 Å². The van der Waals surface area contributed by atoms with E-state index in [0.717, 1.165) is 17.0 Å². The lowest BCUT2D eigenvalue weighted by Crippen LogP contribution is -2.61. The van der Waals surface area contributed by atoms with Crippen LogP contribution in [-0.2, 0) is 4.79 Å². The van der Waals surface area contributed by atoms with E-state index in [1.807, 2.05) is 38.1 Å². The molecule has 2 aromatic carbocycles. The van der Waals surface area contributed by atoms with Crippen molar-refractivity contribution in [2.24, 2.45) is 5.41 Å². The van der Waals surface area contributed by atoms with E-state index in [4.69, 9.17) is 4.74 Å². The quantitative estimate of drug-likeness (QED) is 0.803. The number of amides is 1. The Morgan fingerprint density at radius 3 is 2.18 bits per heavy atom. The summed E-state index contributed by atoms with van der Waals surface area (Å²) in [6.07, 6.45) is 0. The topological polar surface area (TPSA) is 29.5 Å². The van der Waals surface area contributed by atoms with Crippen LogP contribution in [0, 0.1) is 11.2 Å². The first-order valence-electron chi connectivity index (χ1n) is 7.18. The van der Waals surface area contributed by atoms with Crippen LogP contribution in [0.15, 0.2) is 48.5 Å². The van der Waals surface area contributed by atoms with Crippen LogP contribution < -0.4 is 9.64 Å². The van der Waals surface area contributed by atoms with Gasteiger partial charge >= 0.3 is 0 Å². The Morgan fingerprint density at radius 2 is 1.64 bits per heavy atom. The van der Waals surface area contributed by atoms with E-state index < -0.39 is 5.41 Å². The molecule has 0 aliphatic carbocycles. The van der Waals surface area contributed by atoms with Gasteiger partial charge in [0.05, 0.1) is 18.6 Å². The fourth-order valence-corrected chi connectivity index (χ4v) is 3.02. The number of carbonyl (C=O) groups excluding carboxylic acids is 1. The Balaban J connectivity index is 1.98. The van der Waals surface area contributed by atoms with Crippen LogP contribution in [-0.4, -0.2) is 13.0 Å². The summed E-state index contributed by atoms with van der Waals surface area (Å²) in [6, 6.07) is 13.6. The summed E-state index contributed by atoms with van der Waals surface area (Å²) >= 11 is 0. The van der Waals surface area contributed by atoms with Crippen molar-refractivity contribution in [3.63, 3.8) is 0 Å². The molecule has 0 N–H and O–H groups in total. The Hall–Kier alpha value is -2.36. The predicted octanol–water partition coefficient (Wildman–Crippen LogP) is 3.95. The van der Waals surface area contributed by atoms with Crippen LogP contribution in [0.4, 0.5) is 10.1 Å². The Bertz CT molecular complexity index is 692. The molecule has 1 aliphatic heterocycles. The minimum atomic E-state index is -0.502. The molecule has 1 heterocycles. The third-order valence-corrected chi connectivity index (χ3v) is 4.25. The summed E-state index contributed by atoms with van der Waals surface area (Å²) in [5, 5.41) is 0. The Labute approximate surface area is 129 Å². The van der Waals surface area contributed by atoms with E-state index in [2.05, 4.69) is 0 Å². The normalized spacial score (nSPS) is 19.7. The largest absolute Gasteiger partial charge is 0.497 e. The van der Waals surface area contributed by atoms with Crippen LogP contribution in [0.1, 0.15) is 25.5 Å². The van der Waals surface area contributed by atoms with Crippen molar-refractivity contribution >= 4 is 11.6 Å². The molecular weight excluding hydrogens is 281 g/mol. The van der Waals surface area contributed by atoms with E-state index in [1.54, 1.807) is 24.1 Å². The fourth-order valence-electron chi connectivity index (χ4n) is 3.02. The van der Waals surface area contributed by atoms with E-state index in [9.17, 15) is 9.18 Å². The second-order valence-corrected chi connectivity index (χ2v) is 6.05. The highest BCUT2D eigenvalue weighted by Crippen LogP contribution is 2.51. The molecule has 0 saturated carbocycles. The highest BCUT2D eigenvalue weighted by molar-refractivity contribution is 6.05. The standard InChI is InChI=1S/C18H18FNO2/c1-18(2)16(12-4-6-13(19)7-5-12)20(17(18)21)14-8-10-15(22-3)11-9-14/h4-11,16H,1-3H3. The van der Waals surface area contributed by atoms with E-state index in [-0.39, 0.29) is 17.8 Å². The Morgan fingerprint density at radius 1 is 1.05 bits per heavy atom. The number of methoxy groups -OCH3 is 1. The van der Waals surface area contributed by atoms with Crippen LogP contribution in [0.5, 0.6) is 5.75 Å². The minimum absolute atomic E-state index is 0.0620. The maximum atomic E-state index is 13.2. The lowest BCUT2D eigenvalue weighted by molar-refractivity contribution is -0.137. The fraction of sp³-hybridized carbons (Fsp3) is 0.278. The molecule has 114 valence electrons. The van der Waals surface area contributed by atoms with Crippen LogP contribution >= 0.6 is 0 Å². The number of halogens is 1. The number of ether oxygens (including phenoxy) is 1. The number of β-lactam (4-membered cyclic amide) rings is 1. The predicted molar refractivity (Wildman–Crippen MR) is 83.4 cm³/mol. The molecule has 2 aromatic rings. The van der Waals surface area contributed by atoms with Gasteiger partial charge < -0.3 is 9.64 Å². The van der Waals surface area contributed by atoms with Crippen molar-refractivity contribution in [3.8, 4) is 5.75 Å². The molecule has 0 aromatic heterocycles. The molecule has 1 amide bonds. The zero-order chi connectivity index (χ0) is 15.9. The molecule has 1 unspecified atom stereocenters. The summed E-state index contributed by atoms with van der Waals surface area (Å²) in [6.45, 7) is 3.84. The molecule has 3 rings (SSSR count). The van der Waals surface area contributed by atoms with Crippen LogP contribution in [0.25, 0.3) is 0 Å². The molecule has 0 bridgehead atoms. The number of carbonyl (C=O) groups is 1. The average molecular weight is 299 g/mol. The summed E-state index contributed by atoms with van der Waals surface area (Å²) < 4.78 is 18.3. The van der Waals surface area contributed by atoms with Gasteiger partial charge in [-0.05, 0) is 55.8 Å². The summed E-state index contributed by atoms with van der Waals surface area (Å²) in [5.41, 5.74) is 1.25. The maximum Gasteiger partial charge on any atom is 0.235 e. The van der Waals surface area contributed by atoms with E-state index in [1.165, 1.54) is 12.1 Å². The summed E-state index contributed by atoms with van der Waals surface area (Å²) in [7, 11) is 1.61. The smallest absolute Gasteiger partial charge is 0.235 e. The van der Waals surface area contributed by atoms with Gasteiger partial charge in [0.25, 0.3) is 0 Å². The van der Waals surface area contributed by atoms with Gasteiger partial charge in [0.1, 0.15) is 11.6 Å². The molecule has 4 heteroatoms. The number of hydrogen-bond acceptors (Lipinski definition) is 2. The number of nitrogens with zero attached hydrogens (tertiary/aromatic N) is 1. The van der Waals surface area contributed by atoms with Gasteiger partial charge in [-0.25, -0.2) is 4.39 Å². The van der Waals surface area contributed by atoms with Crippen LogP contribution in [0.2, 0.25) is 0 Å². The monoisotopic (exact) mass is 299 g/mol. The summed E-state index contributed by atoms with van der Waals surface area (Å²) in [5.74, 6) is 0.532. The van der Waals surface area contributed by atoms with Gasteiger partial charge in [-0.2, -0.15) is 0 Å². The number of anilines is 1. The number of benzene rings is 2. The first-order chi connectivity index (χ1) is 10.4.